The number of aryl methyl sites for hydroxylation is 2. The monoisotopic (exact) mass is 193 g/mol. The molecule has 1 rings (SSSR count). The van der Waals surface area contributed by atoms with Crippen LogP contribution >= 0.6 is 11.6 Å². The van der Waals surface area contributed by atoms with Gasteiger partial charge in [0.05, 0.1) is 6.07 Å². The molecule has 0 amide bonds. The Bertz CT molecular complexity index is 327. The summed E-state index contributed by atoms with van der Waals surface area (Å²) in [6.45, 7) is 4.04. The molecule has 68 valence electrons. The lowest BCUT2D eigenvalue weighted by Gasteiger charge is -2.05. The van der Waals surface area contributed by atoms with Crippen LogP contribution in [-0.4, -0.2) is 0 Å². The maximum atomic E-state index is 8.44. The second-order valence-corrected chi connectivity index (χ2v) is 3.58. The molecule has 0 aliphatic carbocycles. The molecule has 1 aromatic rings. The summed E-state index contributed by atoms with van der Waals surface area (Å²) in [6.07, 6.45) is 1.34. The van der Waals surface area contributed by atoms with E-state index in [9.17, 15) is 0 Å². The third-order valence-electron chi connectivity index (χ3n) is 2.19. The first-order chi connectivity index (χ1) is 6.15. The van der Waals surface area contributed by atoms with Crippen LogP contribution in [-0.2, 0) is 6.42 Å². The molecule has 0 aliphatic rings. The van der Waals surface area contributed by atoms with Crippen molar-refractivity contribution in [1.82, 2.24) is 0 Å². The second kappa shape index (κ2) is 4.30. The van der Waals surface area contributed by atoms with Gasteiger partial charge in [-0.1, -0.05) is 17.7 Å². The van der Waals surface area contributed by atoms with E-state index in [0.29, 0.717) is 6.42 Å². The van der Waals surface area contributed by atoms with E-state index in [1.165, 1.54) is 5.56 Å². The highest BCUT2D eigenvalue weighted by atomic mass is 35.5. The summed E-state index contributed by atoms with van der Waals surface area (Å²) in [5.41, 5.74) is 3.47. The molecule has 0 saturated heterocycles. The normalized spacial score (nSPS) is 9.69. The Kier molecular flexibility index (Phi) is 3.33. The molecule has 0 unspecified atom stereocenters. The average molecular weight is 194 g/mol. The van der Waals surface area contributed by atoms with Gasteiger partial charge in [0.25, 0.3) is 0 Å². The number of rotatable bonds is 2. The van der Waals surface area contributed by atoms with Crippen molar-refractivity contribution >= 4 is 11.6 Å². The Balaban J connectivity index is 2.94. The van der Waals surface area contributed by atoms with Crippen molar-refractivity contribution in [1.29, 1.82) is 5.26 Å². The maximum Gasteiger partial charge on any atom is 0.0625 e. The molecule has 0 heterocycles. The predicted molar refractivity (Wildman–Crippen MR) is 54.9 cm³/mol. The van der Waals surface area contributed by atoms with Gasteiger partial charge in [-0.25, -0.2) is 0 Å². The van der Waals surface area contributed by atoms with Crippen LogP contribution in [0, 0.1) is 25.2 Å². The third kappa shape index (κ3) is 2.47. The molecule has 0 atom stereocenters. The molecule has 0 saturated carbocycles. The SMILES string of the molecule is Cc1cc(CCC#N)cc(Cl)c1C. The van der Waals surface area contributed by atoms with Crippen LogP contribution in [0.2, 0.25) is 5.02 Å². The smallest absolute Gasteiger partial charge is 0.0625 e. The van der Waals surface area contributed by atoms with Gasteiger partial charge in [0.1, 0.15) is 0 Å². The van der Waals surface area contributed by atoms with Crippen LogP contribution in [0.15, 0.2) is 12.1 Å². The Morgan fingerprint density at radius 2 is 2.08 bits per heavy atom. The summed E-state index contributed by atoms with van der Waals surface area (Å²) in [4.78, 5) is 0. The molecular weight excluding hydrogens is 182 g/mol. The molecule has 0 spiro atoms. The van der Waals surface area contributed by atoms with Gasteiger partial charge in [0.2, 0.25) is 0 Å². The molecule has 1 aromatic carbocycles. The molecule has 0 radical (unpaired) electrons. The predicted octanol–water partition coefficient (Wildman–Crippen LogP) is 3.41. The summed E-state index contributed by atoms with van der Waals surface area (Å²) in [5, 5.41) is 9.24. The van der Waals surface area contributed by atoms with Gasteiger partial charge in [-0.15, -0.1) is 0 Å². The fourth-order valence-corrected chi connectivity index (χ4v) is 1.52. The molecule has 0 aromatic heterocycles. The third-order valence-corrected chi connectivity index (χ3v) is 2.58. The highest BCUT2D eigenvalue weighted by molar-refractivity contribution is 6.31. The number of hydrogen-bond donors (Lipinski definition) is 0. The summed E-state index contributed by atoms with van der Waals surface area (Å²) < 4.78 is 0. The van der Waals surface area contributed by atoms with Crippen molar-refractivity contribution in [3.63, 3.8) is 0 Å². The summed E-state index contributed by atoms with van der Waals surface area (Å²) in [6, 6.07) is 6.17. The lowest BCUT2D eigenvalue weighted by Crippen LogP contribution is -1.89. The lowest BCUT2D eigenvalue weighted by atomic mass is 10.0. The fourth-order valence-electron chi connectivity index (χ4n) is 1.23. The van der Waals surface area contributed by atoms with E-state index in [4.69, 9.17) is 16.9 Å². The standard InChI is InChI=1S/C11H12ClN/c1-8-6-10(4-3-5-13)7-11(12)9(8)2/h6-7H,3-4H2,1-2H3. The number of benzene rings is 1. The zero-order valence-electron chi connectivity index (χ0n) is 7.89. The molecule has 0 N–H and O–H groups in total. The van der Waals surface area contributed by atoms with Crippen molar-refractivity contribution in [3.8, 4) is 6.07 Å². The van der Waals surface area contributed by atoms with Gasteiger partial charge in [-0.2, -0.15) is 5.26 Å². The summed E-state index contributed by atoms with van der Waals surface area (Å²) in [5.74, 6) is 0. The van der Waals surface area contributed by atoms with Gasteiger partial charge < -0.3 is 0 Å². The first-order valence-corrected chi connectivity index (χ1v) is 4.65. The molecular formula is C11H12ClN. The highest BCUT2D eigenvalue weighted by Gasteiger charge is 2.01. The average Bonchev–Trinajstić information content (AvgIpc) is 2.10. The van der Waals surface area contributed by atoms with Crippen LogP contribution in [0.3, 0.4) is 0 Å². The van der Waals surface area contributed by atoms with E-state index in [2.05, 4.69) is 12.1 Å². The van der Waals surface area contributed by atoms with Crippen molar-refractivity contribution in [3.05, 3.63) is 33.8 Å². The van der Waals surface area contributed by atoms with Crippen LogP contribution in [0.1, 0.15) is 23.1 Å². The lowest BCUT2D eigenvalue weighted by molar-refractivity contribution is 1.01. The molecule has 0 aliphatic heterocycles. The number of nitrogens with zero attached hydrogens (tertiary/aromatic N) is 1. The van der Waals surface area contributed by atoms with Gasteiger partial charge in [0.15, 0.2) is 0 Å². The Morgan fingerprint density at radius 3 is 2.62 bits per heavy atom. The Morgan fingerprint density at radius 1 is 1.38 bits per heavy atom. The zero-order valence-corrected chi connectivity index (χ0v) is 8.65. The molecule has 2 heteroatoms. The van der Waals surface area contributed by atoms with Gasteiger partial charge in [0, 0.05) is 11.4 Å². The van der Waals surface area contributed by atoms with Gasteiger partial charge in [-0.05, 0) is 43.0 Å². The van der Waals surface area contributed by atoms with Crippen LogP contribution < -0.4 is 0 Å². The number of halogens is 1. The van der Waals surface area contributed by atoms with E-state index in [1.54, 1.807) is 0 Å². The van der Waals surface area contributed by atoms with E-state index in [1.807, 2.05) is 19.9 Å². The van der Waals surface area contributed by atoms with Crippen LogP contribution in [0.4, 0.5) is 0 Å². The quantitative estimate of drug-likeness (QED) is 0.706. The van der Waals surface area contributed by atoms with E-state index >= 15 is 0 Å². The minimum Gasteiger partial charge on any atom is -0.198 e. The molecule has 1 nitrogen and oxygen atoms in total. The number of nitriles is 1. The Labute approximate surface area is 84.0 Å². The summed E-state index contributed by atoms with van der Waals surface area (Å²) >= 11 is 6.02. The van der Waals surface area contributed by atoms with Crippen molar-refractivity contribution in [2.75, 3.05) is 0 Å². The van der Waals surface area contributed by atoms with Gasteiger partial charge in [-0.3, -0.25) is 0 Å². The number of hydrogen-bond acceptors (Lipinski definition) is 1. The van der Waals surface area contributed by atoms with E-state index in [0.717, 1.165) is 22.6 Å². The van der Waals surface area contributed by atoms with Crippen molar-refractivity contribution < 1.29 is 0 Å². The first kappa shape index (κ1) is 10.1. The van der Waals surface area contributed by atoms with E-state index < -0.39 is 0 Å². The Hall–Kier alpha value is -1.000. The summed E-state index contributed by atoms with van der Waals surface area (Å²) in [7, 11) is 0. The minimum atomic E-state index is 0.554. The maximum absolute atomic E-state index is 8.44. The largest absolute Gasteiger partial charge is 0.198 e. The van der Waals surface area contributed by atoms with Crippen molar-refractivity contribution in [2.45, 2.75) is 26.7 Å². The molecule has 0 fully saturated rings. The first-order valence-electron chi connectivity index (χ1n) is 4.27. The van der Waals surface area contributed by atoms with Crippen LogP contribution in [0.5, 0.6) is 0 Å². The molecule has 13 heavy (non-hydrogen) atoms. The minimum absolute atomic E-state index is 0.554. The van der Waals surface area contributed by atoms with Crippen LogP contribution in [0.25, 0.3) is 0 Å². The van der Waals surface area contributed by atoms with Gasteiger partial charge >= 0.3 is 0 Å². The van der Waals surface area contributed by atoms with E-state index in [-0.39, 0.29) is 0 Å². The fraction of sp³-hybridized carbons (Fsp3) is 0.364. The molecule has 0 bridgehead atoms. The zero-order chi connectivity index (χ0) is 9.84. The second-order valence-electron chi connectivity index (χ2n) is 3.18. The highest BCUT2D eigenvalue weighted by Crippen LogP contribution is 2.21. The topological polar surface area (TPSA) is 23.8 Å². The van der Waals surface area contributed by atoms with Crippen molar-refractivity contribution in [2.24, 2.45) is 0 Å².